The number of nitro groups is 1. The van der Waals surface area contributed by atoms with Crippen LogP contribution in [0.25, 0.3) is 0 Å². The number of carbonyl (C=O) groups is 2. The Morgan fingerprint density at radius 3 is 2.24 bits per heavy atom. The summed E-state index contributed by atoms with van der Waals surface area (Å²) >= 11 is 3.04. The quantitative estimate of drug-likeness (QED) is 0.210. The number of hydrogen-bond donors (Lipinski definition) is 1. The van der Waals surface area contributed by atoms with Gasteiger partial charge in [-0.2, -0.15) is 0 Å². The van der Waals surface area contributed by atoms with E-state index in [1.807, 2.05) is 0 Å². The standard InChI is InChI=1S/C18H25BrN2O8/c1-18(2,3)29-15(22)4-5-26-6-7-27-8-9-28-14-11-12(17(20)23)10-13(19)16(14)21(24)25/h10-11H,4-9H2,1-3H3,(H2,20,23). The summed E-state index contributed by atoms with van der Waals surface area (Å²) in [5.41, 5.74) is 4.46. The summed E-state index contributed by atoms with van der Waals surface area (Å²) in [5.74, 6) is -1.15. The van der Waals surface area contributed by atoms with E-state index in [0.29, 0.717) is 0 Å². The third kappa shape index (κ3) is 9.68. The molecule has 0 unspecified atom stereocenters. The van der Waals surface area contributed by atoms with Gasteiger partial charge in [-0.05, 0) is 42.8 Å². The van der Waals surface area contributed by atoms with Crippen LogP contribution in [0.1, 0.15) is 37.6 Å². The molecule has 0 aliphatic rings. The van der Waals surface area contributed by atoms with E-state index in [2.05, 4.69) is 15.9 Å². The van der Waals surface area contributed by atoms with Crippen molar-refractivity contribution in [3.63, 3.8) is 0 Å². The molecule has 0 heterocycles. The van der Waals surface area contributed by atoms with Gasteiger partial charge in [0.25, 0.3) is 0 Å². The SMILES string of the molecule is CC(C)(C)OC(=O)CCOCCOCCOc1cc(C(N)=O)cc(Br)c1[N+](=O)[O-]. The first-order valence-corrected chi connectivity index (χ1v) is 9.58. The van der Waals surface area contributed by atoms with Gasteiger partial charge in [0.2, 0.25) is 5.91 Å². The molecule has 0 bridgehead atoms. The molecular formula is C18H25BrN2O8. The molecule has 1 rings (SSSR count). The zero-order valence-electron chi connectivity index (χ0n) is 16.6. The second-order valence-electron chi connectivity index (χ2n) is 6.84. The molecule has 0 atom stereocenters. The minimum Gasteiger partial charge on any atom is -0.484 e. The fourth-order valence-electron chi connectivity index (χ4n) is 2.08. The zero-order chi connectivity index (χ0) is 22.0. The van der Waals surface area contributed by atoms with Crippen LogP contribution in [0.3, 0.4) is 0 Å². The second-order valence-corrected chi connectivity index (χ2v) is 7.69. The molecule has 2 N–H and O–H groups in total. The number of ether oxygens (including phenoxy) is 4. The fraction of sp³-hybridized carbons (Fsp3) is 0.556. The number of benzene rings is 1. The maximum Gasteiger partial charge on any atom is 0.325 e. The lowest BCUT2D eigenvalue weighted by Crippen LogP contribution is -2.24. The molecule has 1 amide bonds. The third-order valence-electron chi connectivity index (χ3n) is 3.22. The highest BCUT2D eigenvalue weighted by atomic mass is 79.9. The smallest absolute Gasteiger partial charge is 0.325 e. The lowest BCUT2D eigenvalue weighted by Gasteiger charge is -2.19. The first-order chi connectivity index (χ1) is 13.5. The monoisotopic (exact) mass is 476 g/mol. The van der Waals surface area contributed by atoms with E-state index in [4.69, 9.17) is 24.7 Å². The van der Waals surface area contributed by atoms with Crippen molar-refractivity contribution in [2.75, 3.05) is 33.0 Å². The number of carbonyl (C=O) groups excluding carboxylic acids is 2. The molecule has 0 aliphatic carbocycles. The van der Waals surface area contributed by atoms with Crippen LogP contribution < -0.4 is 10.5 Å². The maximum absolute atomic E-state index is 11.5. The zero-order valence-corrected chi connectivity index (χ0v) is 18.2. The van der Waals surface area contributed by atoms with Crippen LogP contribution in [-0.2, 0) is 19.0 Å². The van der Waals surface area contributed by atoms with Crippen molar-refractivity contribution in [1.82, 2.24) is 0 Å². The predicted octanol–water partition coefficient (Wildman–Crippen LogP) is 2.60. The topological polar surface area (TPSA) is 140 Å². The van der Waals surface area contributed by atoms with Gasteiger partial charge >= 0.3 is 11.7 Å². The molecular weight excluding hydrogens is 452 g/mol. The summed E-state index contributed by atoms with van der Waals surface area (Å²) in [7, 11) is 0. The van der Waals surface area contributed by atoms with Crippen LogP contribution in [0.15, 0.2) is 16.6 Å². The Bertz CT molecular complexity index is 733. The minimum atomic E-state index is -0.731. The van der Waals surface area contributed by atoms with Crippen LogP contribution in [0, 0.1) is 10.1 Å². The van der Waals surface area contributed by atoms with Crippen LogP contribution in [0.2, 0.25) is 0 Å². The van der Waals surface area contributed by atoms with Gasteiger partial charge in [-0.15, -0.1) is 0 Å². The number of halogens is 1. The van der Waals surface area contributed by atoms with Gasteiger partial charge in [0, 0.05) is 11.6 Å². The molecule has 29 heavy (non-hydrogen) atoms. The molecule has 0 aromatic heterocycles. The average Bonchev–Trinajstić information content (AvgIpc) is 2.57. The first-order valence-electron chi connectivity index (χ1n) is 8.79. The number of amides is 1. The summed E-state index contributed by atoms with van der Waals surface area (Å²) in [5, 5.41) is 11.2. The van der Waals surface area contributed by atoms with E-state index in [-0.39, 0.29) is 66.9 Å². The highest BCUT2D eigenvalue weighted by Crippen LogP contribution is 2.36. The van der Waals surface area contributed by atoms with E-state index in [0.717, 1.165) is 0 Å². The summed E-state index contributed by atoms with van der Waals surface area (Å²) in [6.45, 7) is 6.28. The van der Waals surface area contributed by atoms with Crippen LogP contribution in [0.4, 0.5) is 5.69 Å². The molecule has 0 saturated carbocycles. The summed E-state index contributed by atoms with van der Waals surface area (Å²) in [6.07, 6.45) is 0.148. The minimum absolute atomic E-state index is 0.0212. The Morgan fingerprint density at radius 1 is 1.10 bits per heavy atom. The molecule has 162 valence electrons. The van der Waals surface area contributed by atoms with Gasteiger partial charge in [0.05, 0.1) is 37.8 Å². The summed E-state index contributed by atoms with van der Waals surface area (Å²) in [6, 6.07) is 2.48. The van der Waals surface area contributed by atoms with Crippen molar-refractivity contribution >= 4 is 33.5 Å². The number of nitrogens with two attached hydrogens (primary N) is 1. The van der Waals surface area contributed by atoms with E-state index in [9.17, 15) is 19.7 Å². The lowest BCUT2D eigenvalue weighted by molar-refractivity contribution is -0.386. The molecule has 11 heteroatoms. The highest BCUT2D eigenvalue weighted by Gasteiger charge is 2.22. The van der Waals surface area contributed by atoms with Crippen molar-refractivity contribution < 1.29 is 33.5 Å². The van der Waals surface area contributed by atoms with Crippen LogP contribution in [0.5, 0.6) is 5.75 Å². The summed E-state index contributed by atoms with van der Waals surface area (Å²) in [4.78, 5) is 33.4. The molecule has 0 radical (unpaired) electrons. The molecule has 0 aliphatic heterocycles. The number of rotatable bonds is 12. The molecule has 10 nitrogen and oxygen atoms in total. The normalized spacial score (nSPS) is 11.2. The van der Waals surface area contributed by atoms with Crippen molar-refractivity contribution in [2.45, 2.75) is 32.8 Å². The van der Waals surface area contributed by atoms with E-state index < -0.39 is 16.4 Å². The summed E-state index contributed by atoms with van der Waals surface area (Å²) < 4.78 is 21.2. The fourth-order valence-corrected chi connectivity index (χ4v) is 2.67. The van der Waals surface area contributed by atoms with Gasteiger partial charge in [-0.25, -0.2) is 0 Å². The molecule has 0 fully saturated rings. The van der Waals surface area contributed by atoms with Crippen LogP contribution in [-0.4, -0.2) is 55.4 Å². The first kappa shape index (κ1) is 24.8. The van der Waals surface area contributed by atoms with Gasteiger partial charge in [-0.3, -0.25) is 19.7 Å². The lowest BCUT2D eigenvalue weighted by atomic mass is 10.2. The highest BCUT2D eigenvalue weighted by molar-refractivity contribution is 9.10. The molecule has 1 aromatic carbocycles. The van der Waals surface area contributed by atoms with E-state index >= 15 is 0 Å². The molecule has 0 spiro atoms. The number of primary amides is 1. The van der Waals surface area contributed by atoms with Crippen molar-refractivity contribution in [2.24, 2.45) is 5.73 Å². The van der Waals surface area contributed by atoms with Gasteiger partial charge < -0.3 is 24.7 Å². The van der Waals surface area contributed by atoms with Crippen LogP contribution >= 0.6 is 15.9 Å². The number of nitro benzene ring substituents is 1. The Morgan fingerprint density at radius 2 is 1.69 bits per heavy atom. The number of esters is 1. The maximum atomic E-state index is 11.5. The third-order valence-corrected chi connectivity index (χ3v) is 3.83. The Labute approximate surface area is 176 Å². The Kier molecular flexibility index (Phi) is 9.99. The largest absolute Gasteiger partial charge is 0.484 e. The Balaban J connectivity index is 2.31. The van der Waals surface area contributed by atoms with E-state index in [1.54, 1.807) is 20.8 Å². The van der Waals surface area contributed by atoms with Crippen molar-refractivity contribution in [1.29, 1.82) is 0 Å². The van der Waals surface area contributed by atoms with E-state index in [1.165, 1.54) is 12.1 Å². The average molecular weight is 477 g/mol. The number of hydrogen-bond acceptors (Lipinski definition) is 8. The number of nitrogens with zero attached hydrogens (tertiary/aromatic N) is 1. The molecule has 1 aromatic rings. The van der Waals surface area contributed by atoms with Gasteiger partial charge in [0.15, 0.2) is 5.75 Å². The molecule has 0 saturated heterocycles. The van der Waals surface area contributed by atoms with Gasteiger partial charge in [0.1, 0.15) is 16.7 Å². The van der Waals surface area contributed by atoms with Crippen molar-refractivity contribution in [3.05, 3.63) is 32.3 Å². The second kappa shape index (κ2) is 11.7. The van der Waals surface area contributed by atoms with Gasteiger partial charge in [-0.1, -0.05) is 0 Å². The van der Waals surface area contributed by atoms with Crippen molar-refractivity contribution in [3.8, 4) is 5.75 Å². The predicted molar refractivity (Wildman–Crippen MR) is 107 cm³/mol. The Hall–Kier alpha value is -2.24.